The first-order chi connectivity index (χ1) is 8.13. The lowest BCUT2D eigenvalue weighted by molar-refractivity contribution is 0.450. The maximum atomic E-state index is 4.52. The molecule has 90 valence electrons. The summed E-state index contributed by atoms with van der Waals surface area (Å²) in [6, 6.07) is 10.5. The van der Waals surface area contributed by atoms with Crippen LogP contribution in [0, 0.1) is 0 Å². The second kappa shape index (κ2) is 4.74. The number of hydrogen-bond donors (Lipinski definition) is 0. The highest BCUT2D eigenvalue weighted by atomic mass is 15.1. The second-order valence-electron chi connectivity index (χ2n) is 5.10. The van der Waals surface area contributed by atoms with Gasteiger partial charge in [0.1, 0.15) is 5.82 Å². The molecule has 0 fully saturated rings. The maximum absolute atomic E-state index is 4.52. The Bertz CT molecular complexity index is 469. The standard InChI is InChI=1S/C15H20N2/c1-4-15(2,3)14-16-10-11-17(14)12-13-8-6-5-7-9-13/h5-11H,4,12H2,1-3H3. The van der Waals surface area contributed by atoms with Gasteiger partial charge in [-0.05, 0) is 12.0 Å². The highest BCUT2D eigenvalue weighted by Gasteiger charge is 2.23. The fourth-order valence-electron chi connectivity index (χ4n) is 1.96. The van der Waals surface area contributed by atoms with E-state index in [4.69, 9.17) is 0 Å². The summed E-state index contributed by atoms with van der Waals surface area (Å²) in [5, 5.41) is 0. The van der Waals surface area contributed by atoms with E-state index >= 15 is 0 Å². The number of benzene rings is 1. The molecule has 0 amide bonds. The first kappa shape index (κ1) is 11.9. The fraction of sp³-hybridized carbons (Fsp3) is 0.400. The topological polar surface area (TPSA) is 17.8 Å². The number of rotatable bonds is 4. The van der Waals surface area contributed by atoms with Gasteiger partial charge in [0.15, 0.2) is 0 Å². The molecule has 0 aliphatic rings. The molecule has 2 heteroatoms. The van der Waals surface area contributed by atoms with Crippen LogP contribution < -0.4 is 0 Å². The summed E-state index contributed by atoms with van der Waals surface area (Å²) in [4.78, 5) is 4.52. The zero-order valence-electron chi connectivity index (χ0n) is 10.9. The highest BCUT2D eigenvalue weighted by Crippen LogP contribution is 2.25. The van der Waals surface area contributed by atoms with Crippen LogP contribution in [-0.4, -0.2) is 9.55 Å². The van der Waals surface area contributed by atoms with Gasteiger partial charge in [0.2, 0.25) is 0 Å². The van der Waals surface area contributed by atoms with Gasteiger partial charge in [0, 0.05) is 24.4 Å². The summed E-state index contributed by atoms with van der Waals surface area (Å²) in [5.74, 6) is 1.17. The van der Waals surface area contributed by atoms with Crippen molar-refractivity contribution in [3.05, 3.63) is 54.1 Å². The third-order valence-corrected chi connectivity index (χ3v) is 3.40. The van der Waals surface area contributed by atoms with Crippen molar-refractivity contribution < 1.29 is 0 Å². The van der Waals surface area contributed by atoms with Gasteiger partial charge in [-0.3, -0.25) is 0 Å². The molecule has 0 spiro atoms. The average Bonchev–Trinajstić information content (AvgIpc) is 2.79. The van der Waals surface area contributed by atoms with Crippen LogP contribution in [0.4, 0.5) is 0 Å². The molecule has 17 heavy (non-hydrogen) atoms. The van der Waals surface area contributed by atoms with E-state index in [1.807, 2.05) is 12.3 Å². The van der Waals surface area contributed by atoms with Crippen LogP contribution in [0.3, 0.4) is 0 Å². The maximum Gasteiger partial charge on any atom is 0.114 e. The Labute approximate surface area is 103 Å². The van der Waals surface area contributed by atoms with Crippen LogP contribution >= 0.6 is 0 Å². The summed E-state index contributed by atoms with van der Waals surface area (Å²) in [6.45, 7) is 7.61. The van der Waals surface area contributed by atoms with Crippen molar-refractivity contribution in [3.8, 4) is 0 Å². The van der Waals surface area contributed by atoms with Gasteiger partial charge in [-0.25, -0.2) is 4.98 Å². The van der Waals surface area contributed by atoms with Crippen molar-refractivity contribution in [1.82, 2.24) is 9.55 Å². The minimum Gasteiger partial charge on any atom is -0.330 e. The van der Waals surface area contributed by atoms with E-state index in [1.165, 1.54) is 11.4 Å². The summed E-state index contributed by atoms with van der Waals surface area (Å²) >= 11 is 0. The number of hydrogen-bond acceptors (Lipinski definition) is 1. The Morgan fingerprint density at radius 1 is 1.18 bits per heavy atom. The highest BCUT2D eigenvalue weighted by molar-refractivity contribution is 5.17. The quantitative estimate of drug-likeness (QED) is 0.781. The zero-order valence-corrected chi connectivity index (χ0v) is 10.9. The molecule has 0 saturated heterocycles. The first-order valence-corrected chi connectivity index (χ1v) is 6.19. The van der Waals surface area contributed by atoms with E-state index in [-0.39, 0.29) is 5.41 Å². The predicted molar refractivity (Wildman–Crippen MR) is 71.1 cm³/mol. The Kier molecular flexibility index (Phi) is 3.32. The van der Waals surface area contributed by atoms with Crippen molar-refractivity contribution in [2.24, 2.45) is 0 Å². The van der Waals surface area contributed by atoms with E-state index in [0.29, 0.717) is 0 Å². The zero-order chi connectivity index (χ0) is 12.3. The van der Waals surface area contributed by atoms with Crippen LogP contribution in [0.2, 0.25) is 0 Å². The minimum absolute atomic E-state index is 0.137. The van der Waals surface area contributed by atoms with Crippen LogP contribution in [0.5, 0.6) is 0 Å². The molecule has 0 N–H and O–H groups in total. The number of aromatic nitrogens is 2. The summed E-state index contributed by atoms with van der Waals surface area (Å²) in [6.07, 6.45) is 5.06. The smallest absolute Gasteiger partial charge is 0.114 e. The molecule has 1 aromatic heterocycles. The van der Waals surface area contributed by atoms with Gasteiger partial charge in [0.25, 0.3) is 0 Å². The molecule has 0 atom stereocenters. The van der Waals surface area contributed by atoms with E-state index in [2.05, 4.69) is 60.8 Å². The van der Waals surface area contributed by atoms with Crippen molar-refractivity contribution >= 4 is 0 Å². The molecule has 0 unspecified atom stereocenters. The third-order valence-electron chi connectivity index (χ3n) is 3.40. The molecule has 0 saturated carbocycles. The van der Waals surface area contributed by atoms with Gasteiger partial charge in [-0.1, -0.05) is 51.1 Å². The SMILES string of the molecule is CCC(C)(C)c1nccn1Cc1ccccc1. The van der Waals surface area contributed by atoms with Crippen molar-refractivity contribution in [1.29, 1.82) is 0 Å². The molecule has 2 aromatic rings. The van der Waals surface area contributed by atoms with Gasteiger partial charge in [0.05, 0.1) is 0 Å². The molecular formula is C15H20N2. The third kappa shape index (κ3) is 2.57. The van der Waals surface area contributed by atoms with Crippen LogP contribution in [0.15, 0.2) is 42.7 Å². The molecular weight excluding hydrogens is 208 g/mol. The van der Waals surface area contributed by atoms with E-state index in [0.717, 1.165) is 13.0 Å². The second-order valence-corrected chi connectivity index (χ2v) is 5.10. The van der Waals surface area contributed by atoms with E-state index < -0.39 is 0 Å². The molecule has 2 rings (SSSR count). The normalized spacial score (nSPS) is 11.7. The van der Waals surface area contributed by atoms with Gasteiger partial charge in [-0.15, -0.1) is 0 Å². The van der Waals surface area contributed by atoms with Crippen LogP contribution in [-0.2, 0) is 12.0 Å². The lowest BCUT2D eigenvalue weighted by Gasteiger charge is -2.23. The molecule has 0 aliphatic carbocycles. The van der Waals surface area contributed by atoms with E-state index in [9.17, 15) is 0 Å². The molecule has 2 nitrogen and oxygen atoms in total. The molecule has 1 heterocycles. The summed E-state index contributed by atoms with van der Waals surface area (Å²) in [7, 11) is 0. The molecule has 1 aromatic carbocycles. The van der Waals surface area contributed by atoms with Crippen LogP contribution in [0.25, 0.3) is 0 Å². The number of imidazole rings is 1. The number of nitrogens with zero attached hydrogens (tertiary/aromatic N) is 2. The van der Waals surface area contributed by atoms with Crippen molar-refractivity contribution in [3.63, 3.8) is 0 Å². The Hall–Kier alpha value is -1.57. The van der Waals surface area contributed by atoms with Crippen molar-refractivity contribution in [2.45, 2.75) is 39.2 Å². The Morgan fingerprint density at radius 2 is 1.88 bits per heavy atom. The fourth-order valence-corrected chi connectivity index (χ4v) is 1.96. The average molecular weight is 228 g/mol. The predicted octanol–water partition coefficient (Wildman–Crippen LogP) is 3.62. The lowest BCUT2D eigenvalue weighted by atomic mass is 9.89. The monoisotopic (exact) mass is 228 g/mol. The van der Waals surface area contributed by atoms with E-state index in [1.54, 1.807) is 0 Å². The summed E-state index contributed by atoms with van der Waals surface area (Å²) < 4.78 is 2.25. The van der Waals surface area contributed by atoms with Gasteiger partial charge >= 0.3 is 0 Å². The lowest BCUT2D eigenvalue weighted by Crippen LogP contribution is -2.22. The van der Waals surface area contributed by atoms with Gasteiger partial charge in [-0.2, -0.15) is 0 Å². The molecule has 0 radical (unpaired) electrons. The molecule has 0 aliphatic heterocycles. The first-order valence-electron chi connectivity index (χ1n) is 6.19. The summed E-state index contributed by atoms with van der Waals surface area (Å²) in [5.41, 5.74) is 1.46. The largest absolute Gasteiger partial charge is 0.330 e. The van der Waals surface area contributed by atoms with Gasteiger partial charge < -0.3 is 4.57 Å². The Balaban J connectivity index is 2.26. The Morgan fingerprint density at radius 3 is 2.53 bits per heavy atom. The minimum atomic E-state index is 0.137. The molecule has 0 bridgehead atoms. The van der Waals surface area contributed by atoms with Crippen molar-refractivity contribution in [2.75, 3.05) is 0 Å². The van der Waals surface area contributed by atoms with Crippen LogP contribution in [0.1, 0.15) is 38.6 Å².